The Morgan fingerprint density at radius 3 is 3.07 bits per heavy atom. The highest BCUT2D eigenvalue weighted by molar-refractivity contribution is 5.80. The summed E-state index contributed by atoms with van der Waals surface area (Å²) in [5.74, 6) is 0.0302. The molecule has 1 saturated heterocycles. The van der Waals surface area contributed by atoms with Crippen molar-refractivity contribution in [3.8, 4) is 0 Å². The second-order valence-electron chi connectivity index (χ2n) is 3.49. The molecular weight excluding hydrogens is 180 g/mol. The fraction of sp³-hybridized carbons (Fsp3) is 0.500. The van der Waals surface area contributed by atoms with Gasteiger partial charge in [-0.05, 0) is 12.5 Å². The molecule has 0 aromatic heterocycles. The van der Waals surface area contributed by atoms with Crippen molar-refractivity contribution in [3.05, 3.63) is 23.9 Å². The van der Waals surface area contributed by atoms with E-state index >= 15 is 0 Å². The number of morpholine rings is 1. The lowest BCUT2D eigenvalue weighted by Crippen LogP contribution is -2.41. The van der Waals surface area contributed by atoms with Gasteiger partial charge in [-0.15, -0.1) is 0 Å². The number of amides is 1. The zero-order valence-corrected chi connectivity index (χ0v) is 7.98. The number of hydrogen-bond acceptors (Lipinski definition) is 3. The van der Waals surface area contributed by atoms with Crippen LogP contribution in [0.1, 0.15) is 6.42 Å². The van der Waals surface area contributed by atoms with Crippen molar-refractivity contribution in [2.45, 2.75) is 12.5 Å². The molecular formula is C10H14N2O2. The topological polar surface area (TPSA) is 55.6 Å². The zero-order chi connectivity index (χ0) is 9.97. The fourth-order valence-corrected chi connectivity index (χ4v) is 1.62. The molecule has 1 atom stereocenters. The third-order valence-electron chi connectivity index (χ3n) is 2.41. The summed E-state index contributed by atoms with van der Waals surface area (Å²) in [6.07, 6.45) is 6.65. The van der Waals surface area contributed by atoms with Crippen LogP contribution in [0.15, 0.2) is 23.9 Å². The molecule has 1 unspecified atom stereocenters. The highest BCUT2D eigenvalue weighted by Crippen LogP contribution is 2.15. The van der Waals surface area contributed by atoms with E-state index in [2.05, 4.69) is 0 Å². The Kier molecular flexibility index (Phi) is 2.65. The summed E-state index contributed by atoms with van der Waals surface area (Å²) in [4.78, 5) is 13.2. The molecule has 0 aromatic carbocycles. The Bertz CT molecular complexity index is 296. The standard InChI is InChI=1S/C10H14N2O2/c11-8-1-3-9(4-2-8)12-5-6-14-7-10(12)13/h1,3-4,8H,2,5-7,11H2. The van der Waals surface area contributed by atoms with Crippen molar-refractivity contribution in [2.75, 3.05) is 19.8 Å². The van der Waals surface area contributed by atoms with E-state index in [0.717, 1.165) is 12.1 Å². The summed E-state index contributed by atoms with van der Waals surface area (Å²) >= 11 is 0. The molecule has 0 saturated carbocycles. The van der Waals surface area contributed by atoms with Gasteiger partial charge in [-0.1, -0.05) is 12.2 Å². The molecule has 1 heterocycles. The van der Waals surface area contributed by atoms with E-state index in [1.807, 2.05) is 18.2 Å². The third-order valence-corrected chi connectivity index (χ3v) is 2.41. The minimum atomic E-state index is 0.0302. The van der Waals surface area contributed by atoms with Gasteiger partial charge >= 0.3 is 0 Å². The fourth-order valence-electron chi connectivity index (χ4n) is 1.62. The molecule has 0 bridgehead atoms. The molecule has 76 valence electrons. The Morgan fingerprint density at radius 2 is 2.43 bits per heavy atom. The van der Waals surface area contributed by atoms with E-state index in [4.69, 9.17) is 10.5 Å². The molecule has 1 amide bonds. The monoisotopic (exact) mass is 194 g/mol. The molecule has 0 aromatic rings. The summed E-state index contributed by atoms with van der Waals surface area (Å²) in [7, 11) is 0. The van der Waals surface area contributed by atoms with Crippen LogP contribution in [0, 0.1) is 0 Å². The van der Waals surface area contributed by atoms with Crippen LogP contribution in [0.5, 0.6) is 0 Å². The first-order chi connectivity index (χ1) is 6.77. The number of ether oxygens (including phenoxy) is 1. The predicted molar refractivity (Wildman–Crippen MR) is 52.3 cm³/mol. The first-order valence-electron chi connectivity index (χ1n) is 4.79. The van der Waals surface area contributed by atoms with Crippen molar-refractivity contribution in [1.29, 1.82) is 0 Å². The Balaban J connectivity index is 2.07. The lowest BCUT2D eigenvalue weighted by Gasteiger charge is -2.29. The maximum Gasteiger partial charge on any atom is 0.253 e. The lowest BCUT2D eigenvalue weighted by molar-refractivity contribution is -0.139. The number of carbonyl (C=O) groups excluding carboxylic acids is 1. The first-order valence-corrected chi connectivity index (χ1v) is 4.79. The van der Waals surface area contributed by atoms with Gasteiger partial charge in [0.2, 0.25) is 0 Å². The molecule has 0 radical (unpaired) electrons. The van der Waals surface area contributed by atoms with Crippen LogP contribution in [-0.2, 0) is 9.53 Å². The van der Waals surface area contributed by atoms with E-state index in [1.54, 1.807) is 4.90 Å². The van der Waals surface area contributed by atoms with E-state index in [1.165, 1.54) is 0 Å². The Labute approximate surface area is 83.0 Å². The van der Waals surface area contributed by atoms with Crippen LogP contribution in [0.4, 0.5) is 0 Å². The third kappa shape index (κ3) is 1.86. The minimum Gasteiger partial charge on any atom is -0.370 e. The minimum absolute atomic E-state index is 0.0302. The largest absolute Gasteiger partial charge is 0.370 e. The van der Waals surface area contributed by atoms with Gasteiger partial charge in [-0.3, -0.25) is 4.79 Å². The number of allylic oxidation sites excluding steroid dienone is 1. The molecule has 4 nitrogen and oxygen atoms in total. The highest BCUT2D eigenvalue weighted by Gasteiger charge is 2.21. The SMILES string of the molecule is NC1C=CC(N2CCOCC2=O)=CC1. The zero-order valence-electron chi connectivity index (χ0n) is 7.98. The van der Waals surface area contributed by atoms with Gasteiger partial charge in [0.05, 0.1) is 6.61 Å². The normalized spacial score (nSPS) is 27.8. The molecule has 4 heteroatoms. The van der Waals surface area contributed by atoms with Crippen molar-refractivity contribution < 1.29 is 9.53 Å². The molecule has 1 aliphatic carbocycles. The van der Waals surface area contributed by atoms with Gasteiger partial charge in [0, 0.05) is 18.3 Å². The average molecular weight is 194 g/mol. The van der Waals surface area contributed by atoms with Crippen LogP contribution < -0.4 is 5.73 Å². The van der Waals surface area contributed by atoms with E-state index < -0.39 is 0 Å². The molecule has 2 aliphatic rings. The van der Waals surface area contributed by atoms with Gasteiger partial charge in [0.15, 0.2) is 0 Å². The summed E-state index contributed by atoms with van der Waals surface area (Å²) in [5.41, 5.74) is 6.66. The second-order valence-corrected chi connectivity index (χ2v) is 3.49. The first kappa shape index (κ1) is 9.43. The smallest absolute Gasteiger partial charge is 0.253 e. The molecule has 2 rings (SSSR count). The maximum atomic E-state index is 11.5. The Hall–Kier alpha value is -1.13. The number of nitrogens with zero attached hydrogens (tertiary/aromatic N) is 1. The molecule has 1 fully saturated rings. The van der Waals surface area contributed by atoms with Crippen molar-refractivity contribution in [2.24, 2.45) is 5.73 Å². The lowest BCUT2D eigenvalue weighted by atomic mass is 10.1. The maximum absolute atomic E-state index is 11.5. The summed E-state index contributed by atoms with van der Waals surface area (Å²) in [6, 6.07) is 0.0925. The summed E-state index contributed by atoms with van der Waals surface area (Å²) in [5, 5.41) is 0. The number of carbonyl (C=O) groups is 1. The van der Waals surface area contributed by atoms with E-state index in [9.17, 15) is 4.79 Å². The second kappa shape index (κ2) is 3.94. The molecule has 1 aliphatic heterocycles. The van der Waals surface area contributed by atoms with Gasteiger partial charge < -0.3 is 15.4 Å². The molecule has 14 heavy (non-hydrogen) atoms. The molecule has 0 spiro atoms. The van der Waals surface area contributed by atoms with Crippen LogP contribution in [-0.4, -0.2) is 36.6 Å². The number of hydrogen-bond donors (Lipinski definition) is 1. The van der Waals surface area contributed by atoms with Crippen molar-refractivity contribution in [1.82, 2.24) is 4.90 Å². The van der Waals surface area contributed by atoms with Crippen molar-refractivity contribution in [3.63, 3.8) is 0 Å². The average Bonchev–Trinajstić information content (AvgIpc) is 2.20. The van der Waals surface area contributed by atoms with Gasteiger partial charge in [-0.25, -0.2) is 0 Å². The summed E-state index contributed by atoms with van der Waals surface area (Å²) < 4.78 is 5.06. The predicted octanol–water partition coefficient (Wildman–Crippen LogP) is 0.0163. The van der Waals surface area contributed by atoms with Gasteiger partial charge in [0.1, 0.15) is 6.61 Å². The summed E-state index contributed by atoms with van der Waals surface area (Å²) in [6.45, 7) is 1.45. The van der Waals surface area contributed by atoms with E-state index in [0.29, 0.717) is 13.2 Å². The number of rotatable bonds is 1. The van der Waals surface area contributed by atoms with Crippen molar-refractivity contribution >= 4 is 5.91 Å². The van der Waals surface area contributed by atoms with E-state index in [-0.39, 0.29) is 18.6 Å². The van der Waals surface area contributed by atoms with Crippen LogP contribution in [0.3, 0.4) is 0 Å². The van der Waals surface area contributed by atoms with Gasteiger partial charge in [0.25, 0.3) is 5.91 Å². The van der Waals surface area contributed by atoms with Crippen LogP contribution in [0.25, 0.3) is 0 Å². The number of nitrogens with two attached hydrogens (primary N) is 1. The van der Waals surface area contributed by atoms with Crippen LogP contribution >= 0.6 is 0 Å². The quantitative estimate of drug-likeness (QED) is 0.640. The van der Waals surface area contributed by atoms with Gasteiger partial charge in [-0.2, -0.15) is 0 Å². The van der Waals surface area contributed by atoms with Crippen LogP contribution in [0.2, 0.25) is 0 Å². The molecule has 2 N–H and O–H groups in total. The highest BCUT2D eigenvalue weighted by atomic mass is 16.5. The Morgan fingerprint density at radius 1 is 1.57 bits per heavy atom.